The standard InChI is InChI=1S/C19H21ClN2O2/c1-14-5-7-16(8-6-14)12-18(23)22-13-19(24)21-10-9-15-3-2-4-17(20)11-15/h2-8,11H,9-10,12-13H2,1H3,(H,21,24)(H,22,23). The van der Waals surface area contributed by atoms with E-state index in [4.69, 9.17) is 11.6 Å². The lowest BCUT2D eigenvalue weighted by molar-refractivity contribution is -0.125. The maximum Gasteiger partial charge on any atom is 0.239 e. The zero-order chi connectivity index (χ0) is 17.4. The van der Waals surface area contributed by atoms with Crippen molar-refractivity contribution < 1.29 is 9.59 Å². The molecule has 0 saturated heterocycles. The monoisotopic (exact) mass is 344 g/mol. The van der Waals surface area contributed by atoms with Gasteiger partial charge in [0.1, 0.15) is 0 Å². The summed E-state index contributed by atoms with van der Waals surface area (Å²) in [5.41, 5.74) is 3.14. The molecule has 0 bridgehead atoms. The molecule has 24 heavy (non-hydrogen) atoms. The highest BCUT2D eigenvalue weighted by molar-refractivity contribution is 6.30. The second kappa shape index (κ2) is 9.08. The molecule has 2 N–H and O–H groups in total. The summed E-state index contributed by atoms with van der Waals surface area (Å²) in [4.78, 5) is 23.6. The van der Waals surface area contributed by atoms with Gasteiger partial charge in [0.15, 0.2) is 0 Å². The van der Waals surface area contributed by atoms with Gasteiger partial charge in [-0.25, -0.2) is 0 Å². The molecule has 0 aliphatic carbocycles. The Morgan fingerprint density at radius 2 is 1.71 bits per heavy atom. The van der Waals surface area contributed by atoms with Gasteiger partial charge in [-0.1, -0.05) is 53.6 Å². The normalized spacial score (nSPS) is 10.2. The number of hydrogen-bond acceptors (Lipinski definition) is 2. The summed E-state index contributed by atoms with van der Waals surface area (Å²) in [5.74, 6) is -0.363. The predicted octanol–water partition coefficient (Wildman–Crippen LogP) is 2.67. The fourth-order valence-electron chi connectivity index (χ4n) is 2.23. The van der Waals surface area contributed by atoms with Crippen molar-refractivity contribution in [2.75, 3.05) is 13.1 Å². The van der Waals surface area contributed by atoms with Gasteiger partial charge in [-0.3, -0.25) is 9.59 Å². The number of hydrogen-bond donors (Lipinski definition) is 2. The summed E-state index contributed by atoms with van der Waals surface area (Å²) in [5, 5.41) is 6.09. The van der Waals surface area contributed by atoms with Crippen LogP contribution >= 0.6 is 11.6 Å². The number of carbonyl (C=O) groups excluding carboxylic acids is 2. The summed E-state index contributed by atoms with van der Waals surface area (Å²) in [7, 11) is 0. The molecule has 0 saturated carbocycles. The number of rotatable bonds is 7. The maximum absolute atomic E-state index is 11.8. The van der Waals surface area contributed by atoms with Crippen molar-refractivity contribution >= 4 is 23.4 Å². The van der Waals surface area contributed by atoms with Gasteiger partial charge in [0, 0.05) is 11.6 Å². The molecule has 4 nitrogen and oxygen atoms in total. The number of carbonyl (C=O) groups is 2. The zero-order valence-electron chi connectivity index (χ0n) is 13.6. The molecular formula is C19H21ClN2O2. The van der Waals surface area contributed by atoms with E-state index in [1.807, 2.05) is 55.5 Å². The SMILES string of the molecule is Cc1ccc(CC(=O)NCC(=O)NCCc2cccc(Cl)c2)cc1. The third-order valence-corrected chi connectivity index (χ3v) is 3.79. The second-order valence-electron chi connectivity index (χ2n) is 5.67. The van der Waals surface area contributed by atoms with Crippen LogP contribution in [-0.2, 0) is 22.4 Å². The molecule has 0 aromatic heterocycles. The molecule has 2 aromatic carbocycles. The van der Waals surface area contributed by atoms with E-state index in [-0.39, 0.29) is 24.8 Å². The molecule has 2 amide bonds. The molecule has 0 heterocycles. The molecule has 0 fully saturated rings. The highest BCUT2D eigenvalue weighted by Gasteiger charge is 2.06. The van der Waals surface area contributed by atoms with Crippen LogP contribution in [0, 0.1) is 6.92 Å². The topological polar surface area (TPSA) is 58.2 Å². The van der Waals surface area contributed by atoms with Crippen LogP contribution in [0.3, 0.4) is 0 Å². The van der Waals surface area contributed by atoms with Gasteiger partial charge in [0.25, 0.3) is 0 Å². The molecule has 0 atom stereocenters. The van der Waals surface area contributed by atoms with Gasteiger partial charge in [0.05, 0.1) is 13.0 Å². The highest BCUT2D eigenvalue weighted by Crippen LogP contribution is 2.10. The third-order valence-electron chi connectivity index (χ3n) is 3.56. The Morgan fingerprint density at radius 1 is 0.958 bits per heavy atom. The van der Waals surface area contributed by atoms with Crippen LogP contribution in [0.5, 0.6) is 0 Å². The Bertz CT molecular complexity index is 699. The second-order valence-corrected chi connectivity index (χ2v) is 6.11. The first-order chi connectivity index (χ1) is 11.5. The van der Waals surface area contributed by atoms with Gasteiger partial charge in [-0.2, -0.15) is 0 Å². The van der Waals surface area contributed by atoms with Crippen LogP contribution in [0.15, 0.2) is 48.5 Å². The van der Waals surface area contributed by atoms with Crippen LogP contribution in [0.4, 0.5) is 0 Å². The number of amides is 2. The van der Waals surface area contributed by atoms with Crippen LogP contribution in [0.2, 0.25) is 5.02 Å². The average molecular weight is 345 g/mol. The van der Waals surface area contributed by atoms with Gasteiger partial charge >= 0.3 is 0 Å². The first kappa shape index (κ1) is 18.0. The first-order valence-corrected chi connectivity index (χ1v) is 8.24. The molecule has 5 heteroatoms. The third kappa shape index (κ3) is 6.42. The Balaban J connectivity index is 1.65. The van der Waals surface area contributed by atoms with E-state index in [9.17, 15) is 9.59 Å². The molecule has 2 rings (SSSR count). The fraction of sp³-hybridized carbons (Fsp3) is 0.263. The summed E-state index contributed by atoms with van der Waals surface area (Å²) in [6.45, 7) is 2.49. The molecule has 0 unspecified atom stereocenters. The highest BCUT2D eigenvalue weighted by atomic mass is 35.5. The minimum absolute atomic E-state index is 0.0137. The summed E-state index contributed by atoms with van der Waals surface area (Å²) >= 11 is 5.91. The fourth-order valence-corrected chi connectivity index (χ4v) is 2.45. The largest absolute Gasteiger partial charge is 0.354 e. The van der Waals surface area contributed by atoms with E-state index in [1.165, 1.54) is 0 Å². The lowest BCUT2D eigenvalue weighted by atomic mass is 10.1. The van der Waals surface area contributed by atoms with E-state index >= 15 is 0 Å². The van der Waals surface area contributed by atoms with Crippen molar-refractivity contribution in [3.63, 3.8) is 0 Å². The minimum atomic E-state index is -0.200. The lowest BCUT2D eigenvalue weighted by Gasteiger charge is -2.07. The molecule has 0 radical (unpaired) electrons. The predicted molar refractivity (Wildman–Crippen MR) is 96.1 cm³/mol. The Labute approximate surface area is 147 Å². The lowest BCUT2D eigenvalue weighted by Crippen LogP contribution is -2.38. The van der Waals surface area contributed by atoms with E-state index in [1.54, 1.807) is 0 Å². The number of aryl methyl sites for hydroxylation is 1. The summed E-state index contributed by atoms with van der Waals surface area (Å²) < 4.78 is 0. The first-order valence-electron chi connectivity index (χ1n) is 7.86. The summed E-state index contributed by atoms with van der Waals surface area (Å²) in [6, 6.07) is 15.3. The molecular weight excluding hydrogens is 324 g/mol. The van der Waals surface area contributed by atoms with Crippen LogP contribution in [0.1, 0.15) is 16.7 Å². The van der Waals surface area contributed by atoms with Gasteiger partial charge < -0.3 is 10.6 Å². The van der Waals surface area contributed by atoms with E-state index in [0.717, 1.165) is 16.7 Å². The van der Waals surface area contributed by atoms with Gasteiger partial charge in [-0.15, -0.1) is 0 Å². The number of nitrogens with one attached hydrogen (secondary N) is 2. The van der Waals surface area contributed by atoms with Crippen LogP contribution in [0.25, 0.3) is 0 Å². The molecule has 0 aliphatic rings. The Hall–Kier alpha value is -2.33. The molecule has 126 valence electrons. The summed E-state index contributed by atoms with van der Waals surface area (Å²) in [6.07, 6.45) is 0.972. The quantitative estimate of drug-likeness (QED) is 0.811. The minimum Gasteiger partial charge on any atom is -0.354 e. The average Bonchev–Trinajstić information content (AvgIpc) is 2.55. The smallest absolute Gasteiger partial charge is 0.239 e. The molecule has 2 aromatic rings. The van der Waals surface area contributed by atoms with Crippen molar-refractivity contribution in [2.45, 2.75) is 19.8 Å². The van der Waals surface area contributed by atoms with E-state index in [0.29, 0.717) is 18.0 Å². The number of benzene rings is 2. The van der Waals surface area contributed by atoms with Crippen LogP contribution in [-0.4, -0.2) is 24.9 Å². The van der Waals surface area contributed by atoms with Crippen molar-refractivity contribution in [3.8, 4) is 0 Å². The van der Waals surface area contributed by atoms with Crippen molar-refractivity contribution in [2.24, 2.45) is 0 Å². The van der Waals surface area contributed by atoms with Crippen molar-refractivity contribution in [3.05, 3.63) is 70.2 Å². The molecule has 0 spiro atoms. The van der Waals surface area contributed by atoms with E-state index < -0.39 is 0 Å². The molecule has 0 aliphatic heterocycles. The van der Waals surface area contributed by atoms with Gasteiger partial charge in [-0.05, 0) is 36.6 Å². The number of halogens is 1. The Morgan fingerprint density at radius 3 is 2.42 bits per heavy atom. The van der Waals surface area contributed by atoms with Gasteiger partial charge in [0.2, 0.25) is 11.8 Å². The Kier molecular flexibility index (Phi) is 6.82. The van der Waals surface area contributed by atoms with Crippen molar-refractivity contribution in [1.29, 1.82) is 0 Å². The zero-order valence-corrected chi connectivity index (χ0v) is 14.4. The van der Waals surface area contributed by atoms with Crippen molar-refractivity contribution in [1.82, 2.24) is 10.6 Å². The van der Waals surface area contributed by atoms with Crippen LogP contribution < -0.4 is 10.6 Å². The van der Waals surface area contributed by atoms with E-state index in [2.05, 4.69) is 10.6 Å². The maximum atomic E-state index is 11.8.